The molecule has 5 unspecified atom stereocenters. The number of hydrogen-bond acceptors (Lipinski definition) is 9. The van der Waals surface area contributed by atoms with Gasteiger partial charge in [-0.1, -0.05) is 0 Å². The molecule has 1 rings (SSSR count). The number of nitrogens with one attached hydrogen (secondary N) is 4. The van der Waals surface area contributed by atoms with Crippen LogP contribution in [0.4, 0.5) is 0 Å². The normalized spacial score (nSPS) is 15.2. The average Bonchev–Trinajstić information content (AvgIpc) is 3.29. The van der Waals surface area contributed by atoms with Crippen molar-refractivity contribution < 1.29 is 39.3 Å². The molecule has 0 bridgehead atoms. The van der Waals surface area contributed by atoms with Crippen molar-refractivity contribution >= 4 is 41.4 Å². The minimum absolute atomic E-state index is 0.103. The molecule has 0 fully saturated rings. The molecule has 0 saturated carbocycles. The van der Waals surface area contributed by atoms with E-state index in [-0.39, 0.29) is 19.3 Å². The molecular weight excluding hydrogens is 484 g/mol. The van der Waals surface area contributed by atoms with Gasteiger partial charge >= 0.3 is 11.9 Å². The second-order valence-electron chi connectivity index (χ2n) is 7.79. The minimum atomic E-state index is -1.47. The van der Waals surface area contributed by atoms with Crippen molar-refractivity contribution in [2.75, 3.05) is 12.0 Å². The summed E-state index contributed by atoms with van der Waals surface area (Å²) >= 11 is 1.38. The van der Waals surface area contributed by atoms with Crippen molar-refractivity contribution in [3.63, 3.8) is 0 Å². The van der Waals surface area contributed by atoms with Crippen molar-refractivity contribution in [3.8, 4) is 0 Å². The van der Waals surface area contributed by atoms with Crippen LogP contribution in [0.15, 0.2) is 12.5 Å². The number of carbonyl (C=O) groups is 5. The number of carboxylic acids is 2. The van der Waals surface area contributed by atoms with Gasteiger partial charge in [-0.2, -0.15) is 11.8 Å². The first-order valence-corrected chi connectivity index (χ1v) is 12.1. The minimum Gasteiger partial charge on any atom is -0.481 e. The van der Waals surface area contributed by atoms with Crippen LogP contribution in [0, 0.1) is 0 Å². The van der Waals surface area contributed by atoms with Gasteiger partial charge in [-0.3, -0.25) is 19.2 Å². The van der Waals surface area contributed by atoms with Gasteiger partial charge in [-0.05, 0) is 31.8 Å². The summed E-state index contributed by atoms with van der Waals surface area (Å²) in [5.74, 6) is -4.65. The van der Waals surface area contributed by atoms with Crippen LogP contribution < -0.4 is 21.7 Å². The number of imidazole rings is 1. The SMILES string of the molecule is CSCCC(NC(=O)C(NC(=O)C(N)Cc1cnc[nH]1)C(C)O)C(=O)NC(CCC(=O)O)C(=O)O. The summed E-state index contributed by atoms with van der Waals surface area (Å²) in [6.45, 7) is 1.27. The number of hydrogen-bond donors (Lipinski definition) is 8. The zero-order chi connectivity index (χ0) is 26.5. The number of carboxylic acid groups (broad SMARTS) is 2. The maximum absolute atomic E-state index is 12.8. The number of rotatable bonds is 16. The van der Waals surface area contributed by atoms with Crippen molar-refractivity contribution in [1.82, 2.24) is 25.9 Å². The molecule has 14 nitrogen and oxygen atoms in total. The zero-order valence-corrected chi connectivity index (χ0v) is 20.2. The van der Waals surface area contributed by atoms with Crippen LogP contribution in [-0.4, -0.2) is 97.2 Å². The number of aromatic amines is 1. The number of thioether (sulfide) groups is 1. The molecule has 0 aromatic carbocycles. The van der Waals surface area contributed by atoms with E-state index in [9.17, 15) is 34.2 Å². The molecule has 3 amide bonds. The summed E-state index contributed by atoms with van der Waals surface area (Å²) < 4.78 is 0. The van der Waals surface area contributed by atoms with Gasteiger partial charge in [0.15, 0.2) is 0 Å². The van der Waals surface area contributed by atoms with E-state index in [1.54, 1.807) is 6.26 Å². The fraction of sp³-hybridized carbons (Fsp3) is 0.600. The third-order valence-electron chi connectivity index (χ3n) is 4.90. The van der Waals surface area contributed by atoms with Gasteiger partial charge in [-0.15, -0.1) is 0 Å². The third kappa shape index (κ3) is 10.7. The smallest absolute Gasteiger partial charge is 0.326 e. The Morgan fingerprint density at radius 3 is 2.23 bits per heavy atom. The number of nitrogens with two attached hydrogens (primary N) is 1. The molecule has 0 saturated heterocycles. The lowest BCUT2D eigenvalue weighted by atomic mass is 10.1. The standard InChI is InChI=1S/C20H32N6O8S/c1-10(27)16(26-17(30)12(21)7-11-8-22-9-23-11)19(32)24-13(5-6-35-2)18(31)25-14(20(33)34)3-4-15(28)29/h8-10,12-14,16,27H,3-7,21H2,1-2H3,(H,22,23)(H,24,32)(H,25,31)(H,26,30)(H,28,29)(H,33,34). The predicted octanol–water partition coefficient (Wildman–Crippen LogP) is -2.18. The van der Waals surface area contributed by atoms with Crippen molar-refractivity contribution in [2.45, 2.75) is 62.9 Å². The van der Waals surface area contributed by atoms with Crippen molar-refractivity contribution in [3.05, 3.63) is 18.2 Å². The third-order valence-corrected chi connectivity index (χ3v) is 5.54. The Balaban J connectivity index is 2.88. The first kappa shape index (κ1) is 29.9. The molecule has 1 heterocycles. The Bertz CT molecular complexity index is 866. The van der Waals surface area contributed by atoms with E-state index in [4.69, 9.17) is 10.8 Å². The zero-order valence-electron chi connectivity index (χ0n) is 19.4. The van der Waals surface area contributed by atoms with Crippen LogP contribution in [-0.2, 0) is 30.4 Å². The molecule has 1 aromatic rings. The summed E-state index contributed by atoms with van der Waals surface area (Å²) in [5.41, 5.74) is 6.46. The highest BCUT2D eigenvalue weighted by Gasteiger charge is 2.32. The highest BCUT2D eigenvalue weighted by atomic mass is 32.2. The average molecular weight is 517 g/mol. The van der Waals surface area contributed by atoms with E-state index in [0.29, 0.717) is 11.4 Å². The molecule has 196 valence electrons. The highest BCUT2D eigenvalue weighted by Crippen LogP contribution is 2.06. The topological polar surface area (TPSA) is 237 Å². The van der Waals surface area contributed by atoms with Crippen LogP contribution in [0.5, 0.6) is 0 Å². The highest BCUT2D eigenvalue weighted by molar-refractivity contribution is 7.98. The van der Waals surface area contributed by atoms with Crippen LogP contribution in [0.2, 0.25) is 0 Å². The Morgan fingerprint density at radius 1 is 1.06 bits per heavy atom. The summed E-state index contributed by atoms with van der Waals surface area (Å²) in [6.07, 6.45) is 2.72. The van der Waals surface area contributed by atoms with Crippen LogP contribution in [0.25, 0.3) is 0 Å². The number of aliphatic carboxylic acids is 2. The summed E-state index contributed by atoms with van der Waals surface area (Å²) in [6, 6.07) is -5.16. The van der Waals surface area contributed by atoms with E-state index in [0.717, 1.165) is 0 Å². The van der Waals surface area contributed by atoms with Gasteiger partial charge in [0.2, 0.25) is 17.7 Å². The molecule has 35 heavy (non-hydrogen) atoms. The molecule has 0 aliphatic rings. The lowest BCUT2D eigenvalue weighted by Gasteiger charge is -2.26. The van der Waals surface area contributed by atoms with Crippen LogP contribution in [0.3, 0.4) is 0 Å². The molecule has 0 aliphatic heterocycles. The summed E-state index contributed by atoms with van der Waals surface area (Å²) in [5, 5.41) is 35.2. The number of H-pyrrole nitrogens is 1. The van der Waals surface area contributed by atoms with E-state index in [2.05, 4.69) is 25.9 Å². The summed E-state index contributed by atoms with van der Waals surface area (Å²) in [4.78, 5) is 66.8. The van der Waals surface area contributed by atoms with Gasteiger partial charge in [0.25, 0.3) is 0 Å². The number of nitrogens with zero attached hydrogens (tertiary/aromatic N) is 1. The van der Waals surface area contributed by atoms with Gasteiger partial charge < -0.3 is 42.0 Å². The first-order valence-electron chi connectivity index (χ1n) is 10.7. The Kier molecular flexibility index (Phi) is 12.8. The Hall–Kier alpha value is -3.17. The van der Waals surface area contributed by atoms with Crippen LogP contribution in [0.1, 0.15) is 31.9 Å². The molecular formula is C20H32N6O8S. The number of carbonyl (C=O) groups excluding carboxylic acids is 3. The number of aliphatic hydroxyl groups excluding tert-OH is 1. The molecule has 0 spiro atoms. The van der Waals surface area contributed by atoms with Crippen LogP contribution >= 0.6 is 11.8 Å². The monoisotopic (exact) mass is 516 g/mol. The van der Waals surface area contributed by atoms with Gasteiger partial charge in [0.05, 0.1) is 18.5 Å². The van der Waals surface area contributed by atoms with Gasteiger partial charge in [0, 0.05) is 24.7 Å². The quantitative estimate of drug-likeness (QED) is 0.117. The van der Waals surface area contributed by atoms with E-state index < -0.39 is 66.4 Å². The number of amides is 3. The largest absolute Gasteiger partial charge is 0.481 e. The second kappa shape index (κ2) is 15.0. The van der Waals surface area contributed by atoms with Crippen molar-refractivity contribution in [2.24, 2.45) is 5.73 Å². The Labute approximate surface area is 205 Å². The molecule has 15 heteroatoms. The maximum atomic E-state index is 12.8. The fourth-order valence-electron chi connectivity index (χ4n) is 2.95. The summed E-state index contributed by atoms with van der Waals surface area (Å²) in [7, 11) is 0. The van der Waals surface area contributed by atoms with Gasteiger partial charge in [0.1, 0.15) is 18.1 Å². The second-order valence-corrected chi connectivity index (χ2v) is 8.77. The fourth-order valence-corrected chi connectivity index (χ4v) is 3.43. The molecule has 9 N–H and O–H groups in total. The van der Waals surface area contributed by atoms with E-state index >= 15 is 0 Å². The Morgan fingerprint density at radius 2 is 1.71 bits per heavy atom. The van der Waals surface area contributed by atoms with Gasteiger partial charge in [-0.25, -0.2) is 9.78 Å². The van der Waals surface area contributed by atoms with E-state index in [1.165, 1.54) is 31.2 Å². The molecule has 5 atom stereocenters. The molecule has 0 radical (unpaired) electrons. The number of aromatic nitrogens is 2. The number of aliphatic hydroxyl groups is 1. The predicted molar refractivity (Wildman–Crippen MR) is 125 cm³/mol. The molecule has 0 aliphatic carbocycles. The van der Waals surface area contributed by atoms with E-state index in [1.807, 2.05) is 0 Å². The first-order chi connectivity index (χ1) is 16.5. The van der Waals surface area contributed by atoms with Crippen molar-refractivity contribution in [1.29, 1.82) is 0 Å². The molecule has 1 aromatic heterocycles. The maximum Gasteiger partial charge on any atom is 0.326 e. The lowest BCUT2D eigenvalue weighted by Crippen LogP contribution is -2.60. The lowest BCUT2D eigenvalue weighted by molar-refractivity contribution is -0.143.